The van der Waals surface area contributed by atoms with Crippen LogP contribution in [0.25, 0.3) is 0 Å². The Morgan fingerprint density at radius 1 is 1.16 bits per heavy atom. The number of anilines is 1. The summed E-state index contributed by atoms with van der Waals surface area (Å²) in [6.07, 6.45) is 3.12. The standard InChI is InChI=1S/C26H27BrClN3O5S/c1-4-20-7-5-6-8-23(20)31(37(3,33)34)16-25(32)30-29-15-19-13-22(27)26(24(14-19)35-2)36-17-18-9-11-21(28)12-10-18/h5-15H,4,16-17H2,1-3H3,(H,30,32)/b29-15-. The van der Waals surface area contributed by atoms with Gasteiger partial charge in [-0.25, -0.2) is 13.8 Å². The van der Waals surface area contributed by atoms with Crippen molar-refractivity contribution in [2.24, 2.45) is 5.10 Å². The third-order valence-corrected chi connectivity index (χ3v) is 7.25. The van der Waals surface area contributed by atoms with Gasteiger partial charge in [-0.15, -0.1) is 0 Å². The van der Waals surface area contributed by atoms with Crippen LogP contribution < -0.4 is 19.2 Å². The first kappa shape index (κ1) is 28.5. The molecule has 8 nitrogen and oxygen atoms in total. The molecular weight excluding hydrogens is 582 g/mol. The summed E-state index contributed by atoms with van der Waals surface area (Å²) in [5.74, 6) is 0.397. The van der Waals surface area contributed by atoms with Crippen molar-refractivity contribution >= 4 is 55.4 Å². The summed E-state index contributed by atoms with van der Waals surface area (Å²) in [6, 6.07) is 17.9. The molecule has 0 radical (unpaired) electrons. The Hall–Kier alpha value is -3.08. The van der Waals surface area contributed by atoms with Crippen LogP contribution in [0.15, 0.2) is 70.2 Å². The molecule has 0 aromatic heterocycles. The number of para-hydroxylation sites is 1. The molecule has 0 bridgehead atoms. The molecule has 3 aromatic rings. The molecule has 0 unspecified atom stereocenters. The SMILES string of the molecule is CCc1ccccc1N(CC(=O)N/N=C\c1cc(Br)c(OCc2ccc(Cl)cc2)c(OC)c1)S(C)(=O)=O. The van der Waals surface area contributed by atoms with Crippen molar-refractivity contribution in [3.05, 3.63) is 86.8 Å². The highest BCUT2D eigenvalue weighted by atomic mass is 79.9. The largest absolute Gasteiger partial charge is 0.493 e. The summed E-state index contributed by atoms with van der Waals surface area (Å²) in [4.78, 5) is 12.6. The molecule has 0 fully saturated rings. The fourth-order valence-electron chi connectivity index (χ4n) is 3.47. The number of halogens is 2. The first-order chi connectivity index (χ1) is 17.6. The molecule has 11 heteroatoms. The highest BCUT2D eigenvalue weighted by Crippen LogP contribution is 2.37. The summed E-state index contributed by atoms with van der Waals surface area (Å²) in [7, 11) is -2.17. The number of ether oxygens (including phenoxy) is 2. The van der Waals surface area contributed by atoms with E-state index in [0.717, 1.165) is 21.7 Å². The molecule has 0 saturated heterocycles. The number of carbonyl (C=O) groups is 1. The fraction of sp³-hybridized carbons (Fsp3) is 0.231. The Morgan fingerprint density at radius 2 is 1.86 bits per heavy atom. The third-order valence-electron chi connectivity index (χ3n) is 5.28. The number of hydrogen-bond donors (Lipinski definition) is 1. The zero-order chi connectivity index (χ0) is 27.0. The minimum atomic E-state index is -3.69. The first-order valence-electron chi connectivity index (χ1n) is 11.2. The van der Waals surface area contributed by atoms with Crippen molar-refractivity contribution in [3.63, 3.8) is 0 Å². The van der Waals surface area contributed by atoms with Gasteiger partial charge in [-0.2, -0.15) is 5.10 Å². The molecule has 0 aliphatic carbocycles. The van der Waals surface area contributed by atoms with Gasteiger partial charge >= 0.3 is 0 Å². The number of nitrogens with one attached hydrogen (secondary N) is 1. The summed E-state index contributed by atoms with van der Waals surface area (Å²) >= 11 is 9.42. The third kappa shape index (κ3) is 7.95. The van der Waals surface area contributed by atoms with Crippen molar-refractivity contribution in [1.29, 1.82) is 0 Å². The molecule has 1 amide bonds. The van der Waals surface area contributed by atoms with Crippen molar-refractivity contribution in [2.75, 3.05) is 24.2 Å². The van der Waals surface area contributed by atoms with Crippen LogP contribution >= 0.6 is 27.5 Å². The van der Waals surface area contributed by atoms with Crippen LogP contribution in [-0.2, 0) is 27.8 Å². The average Bonchev–Trinajstić information content (AvgIpc) is 2.86. The molecule has 0 aliphatic rings. The second-order valence-corrected chi connectivity index (χ2v) is 11.2. The Labute approximate surface area is 230 Å². The van der Waals surface area contributed by atoms with E-state index in [0.29, 0.717) is 45.3 Å². The van der Waals surface area contributed by atoms with Crippen LogP contribution in [0.1, 0.15) is 23.6 Å². The molecule has 196 valence electrons. The number of benzene rings is 3. The summed E-state index contributed by atoms with van der Waals surface area (Å²) < 4.78 is 37.9. The Morgan fingerprint density at radius 3 is 2.51 bits per heavy atom. The van der Waals surface area contributed by atoms with Gasteiger partial charge in [0.25, 0.3) is 5.91 Å². The summed E-state index contributed by atoms with van der Waals surface area (Å²) in [5.41, 5.74) is 5.24. The zero-order valence-corrected chi connectivity index (χ0v) is 23.7. The molecule has 0 heterocycles. The highest BCUT2D eigenvalue weighted by molar-refractivity contribution is 9.10. The van der Waals surface area contributed by atoms with Gasteiger partial charge in [0.2, 0.25) is 10.0 Å². The monoisotopic (exact) mass is 607 g/mol. The van der Waals surface area contributed by atoms with E-state index in [1.54, 1.807) is 36.4 Å². The molecule has 3 rings (SSSR count). The Balaban J connectivity index is 1.69. The van der Waals surface area contributed by atoms with Gasteiger partial charge in [0, 0.05) is 5.02 Å². The van der Waals surface area contributed by atoms with E-state index in [2.05, 4.69) is 26.5 Å². The molecular formula is C26H27BrClN3O5S. The maximum Gasteiger partial charge on any atom is 0.260 e. The van der Waals surface area contributed by atoms with E-state index in [-0.39, 0.29) is 0 Å². The van der Waals surface area contributed by atoms with Crippen molar-refractivity contribution < 1.29 is 22.7 Å². The van der Waals surface area contributed by atoms with Crippen LogP contribution in [0, 0.1) is 0 Å². The molecule has 0 atom stereocenters. The summed E-state index contributed by atoms with van der Waals surface area (Å²) in [6.45, 7) is 1.83. The van der Waals surface area contributed by atoms with E-state index in [1.165, 1.54) is 13.3 Å². The quantitative estimate of drug-likeness (QED) is 0.239. The van der Waals surface area contributed by atoms with E-state index >= 15 is 0 Å². The number of amides is 1. The minimum absolute atomic E-state index is 0.313. The second-order valence-electron chi connectivity index (χ2n) is 7.99. The van der Waals surface area contributed by atoms with Crippen LogP contribution in [-0.4, -0.2) is 40.4 Å². The smallest absolute Gasteiger partial charge is 0.260 e. The maximum atomic E-state index is 12.6. The van der Waals surface area contributed by atoms with Gasteiger partial charge in [-0.3, -0.25) is 9.10 Å². The van der Waals surface area contributed by atoms with Crippen LogP contribution in [0.3, 0.4) is 0 Å². The van der Waals surface area contributed by atoms with Crippen molar-refractivity contribution in [3.8, 4) is 11.5 Å². The van der Waals surface area contributed by atoms with Gasteiger partial charge < -0.3 is 9.47 Å². The molecule has 0 spiro atoms. The van der Waals surface area contributed by atoms with E-state index < -0.39 is 22.5 Å². The van der Waals surface area contributed by atoms with Crippen molar-refractivity contribution in [1.82, 2.24) is 5.43 Å². The van der Waals surface area contributed by atoms with Gasteiger partial charge in [0.1, 0.15) is 13.2 Å². The van der Waals surface area contributed by atoms with Gasteiger partial charge in [-0.05, 0) is 69.4 Å². The molecule has 1 N–H and O–H groups in total. The van der Waals surface area contributed by atoms with E-state index in [9.17, 15) is 13.2 Å². The number of hydrogen-bond acceptors (Lipinski definition) is 6. The first-order valence-corrected chi connectivity index (χ1v) is 14.3. The average molecular weight is 609 g/mol. The number of sulfonamides is 1. The van der Waals surface area contributed by atoms with Crippen molar-refractivity contribution in [2.45, 2.75) is 20.0 Å². The molecule has 3 aromatic carbocycles. The lowest BCUT2D eigenvalue weighted by Crippen LogP contribution is -2.39. The predicted molar refractivity (Wildman–Crippen MR) is 150 cm³/mol. The molecule has 0 aliphatic heterocycles. The maximum absolute atomic E-state index is 12.6. The number of nitrogens with zero attached hydrogens (tertiary/aromatic N) is 2. The van der Waals surface area contributed by atoms with Crippen LogP contribution in [0.4, 0.5) is 5.69 Å². The zero-order valence-electron chi connectivity index (χ0n) is 20.6. The van der Waals surface area contributed by atoms with Gasteiger partial charge in [0.15, 0.2) is 11.5 Å². The number of aryl methyl sites for hydroxylation is 1. The lowest BCUT2D eigenvalue weighted by Gasteiger charge is -2.23. The number of hydrazone groups is 1. The minimum Gasteiger partial charge on any atom is -0.493 e. The number of carbonyl (C=O) groups excluding carboxylic acids is 1. The Kier molecular flexibility index (Phi) is 9.96. The topological polar surface area (TPSA) is 97.3 Å². The second kappa shape index (κ2) is 12.9. The van der Waals surface area contributed by atoms with Gasteiger partial charge in [-0.1, -0.05) is 48.9 Å². The van der Waals surface area contributed by atoms with Crippen LogP contribution in [0.5, 0.6) is 11.5 Å². The fourth-order valence-corrected chi connectivity index (χ4v) is 5.06. The van der Waals surface area contributed by atoms with Gasteiger partial charge in [0.05, 0.1) is 29.7 Å². The lowest BCUT2D eigenvalue weighted by atomic mass is 10.1. The summed E-state index contributed by atoms with van der Waals surface area (Å²) in [5, 5.41) is 4.63. The van der Waals surface area contributed by atoms with E-state index in [1.807, 2.05) is 31.2 Å². The number of rotatable bonds is 11. The van der Waals surface area contributed by atoms with Crippen LogP contribution in [0.2, 0.25) is 5.02 Å². The normalized spacial score (nSPS) is 11.4. The predicted octanol–water partition coefficient (Wildman–Crippen LogP) is 5.17. The lowest BCUT2D eigenvalue weighted by molar-refractivity contribution is -0.119. The Bertz CT molecular complexity index is 1380. The van der Waals surface area contributed by atoms with E-state index in [4.69, 9.17) is 21.1 Å². The molecule has 0 saturated carbocycles. The molecule has 37 heavy (non-hydrogen) atoms. The highest BCUT2D eigenvalue weighted by Gasteiger charge is 2.22. The number of methoxy groups -OCH3 is 1.